The fourth-order valence-electron chi connectivity index (χ4n) is 7.56. The van der Waals surface area contributed by atoms with Crippen LogP contribution in [0.2, 0.25) is 0 Å². The van der Waals surface area contributed by atoms with Crippen LogP contribution in [0.3, 0.4) is 0 Å². The molecule has 1 N–H and O–H groups in total. The highest BCUT2D eigenvalue weighted by Gasteiger charge is 2.66. The average Bonchev–Trinajstić information content (AvgIpc) is 3.00. The van der Waals surface area contributed by atoms with Gasteiger partial charge in [0.15, 0.2) is 0 Å². The molecule has 3 heterocycles. The first kappa shape index (κ1) is 15.9. The number of amides is 2. The standard InChI is InChI=1S/C21H30N2O3/c1-18-12-19(13-18,6-8-26-18)16(24)22-21-4-2-3-15(21)23(7-5-21)17(25)20-9-14(10-20)11-20/h14-15H,2-13H2,1H3,(H,22,24). The van der Waals surface area contributed by atoms with Gasteiger partial charge in [0.25, 0.3) is 0 Å². The molecule has 2 amide bonds. The summed E-state index contributed by atoms with van der Waals surface area (Å²) in [5.74, 6) is 1.48. The van der Waals surface area contributed by atoms with Gasteiger partial charge in [0, 0.05) is 13.2 Å². The summed E-state index contributed by atoms with van der Waals surface area (Å²) in [5, 5.41) is 3.52. The Morgan fingerprint density at radius 3 is 2.50 bits per heavy atom. The summed E-state index contributed by atoms with van der Waals surface area (Å²) in [6.45, 7) is 3.67. The number of nitrogens with zero attached hydrogens (tertiary/aromatic N) is 1. The zero-order valence-electron chi connectivity index (χ0n) is 15.8. The van der Waals surface area contributed by atoms with Gasteiger partial charge in [-0.05, 0) is 77.0 Å². The quantitative estimate of drug-likeness (QED) is 0.843. The molecule has 8 rings (SSSR count). The van der Waals surface area contributed by atoms with Gasteiger partial charge in [-0.1, -0.05) is 0 Å². The van der Waals surface area contributed by atoms with Crippen molar-refractivity contribution >= 4 is 11.8 Å². The van der Waals surface area contributed by atoms with Crippen molar-refractivity contribution in [2.45, 2.75) is 88.3 Å². The van der Waals surface area contributed by atoms with E-state index in [1.807, 2.05) is 0 Å². The van der Waals surface area contributed by atoms with E-state index < -0.39 is 0 Å². The molecule has 0 aromatic rings. The predicted octanol–water partition coefficient (Wildman–Crippen LogP) is 2.39. The number of fused-ring (bicyclic) bond motifs is 3. The van der Waals surface area contributed by atoms with Crippen LogP contribution in [0, 0.1) is 16.7 Å². The third-order valence-electron chi connectivity index (χ3n) is 8.97. The molecular weight excluding hydrogens is 328 g/mol. The molecule has 2 atom stereocenters. The van der Waals surface area contributed by atoms with Crippen LogP contribution < -0.4 is 5.32 Å². The van der Waals surface area contributed by atoms with E-state index in [2.05, 4.69) is 17.1 Å². The topological polar surface area (TPSA) is 58.6 Å². The van der Waals surface area contributed by atoms with E-state index in [4.69, 9.17) is 4.74 Å². The molecule has 0 radical (unpaired) electrons. The van der Waals surface area contributed by atoms with E-state index in [0.29, 0.717) is 12.5 Å². The van der Waals surface area contributed by atoms with Crippen LogP contribution >= 0.6 is 0 Å². The van der Waals surface area contributed by atoms with E-state index in [1.165, 1.54) is 0 Å². The van der Waals surface area contributed by atoms with Crippen molar-refractivity contribution in [3.63, 3.8) is 0 Å². The number of nitrogens with one attached hydrogen (secondary N) is 1. The molecule has 5 heteroatoms. The summed E-state index contributed by atoms with van der Waals surface area (Å²) in [5.41, 5.74) is -0.442. The van der Waals surface area contributed by atoms with Crippen LogP contribution in [0.5, 0.6) is 0 Å². The second kappa shape index (κ2) is 4.65. The van der Waals surface area contributed by atoms with Gasteiger partial charge in [0.1, 0.15) is 0 Å². The Morgan fingerprint density at radius 2 is 1.85 bits per heavy atom. The van der Waals surface area contributed by atoms with Crippen LogP contribution in [0.4, 0.5) is 0 Å². The minimum atomic E-state index is -0.208. The number of carbonyl (C=O) groups is 2. The number of hydrogen-bond donors (Lipinski definition) is 1. The highest BCUT2D eigenvalue weighted by Crippen LogP contribution is 2.66. The lowest BCUT2D eigenvalue weighted by Gasteiger charge is -2.61. The van der Waals surface area contributed by atoms with E-state index in [1.54, 1.807) is 0 Å². The summed E-state index contributed by atoms with van der Waals surface area (Å²) in [4.78, 5) is 28.6. The van der Waals surface area contributed by atoms with Gasteiger partial charge >= 0.3 is 0 Å². The SMILES string of the molecule is CC12CC(C(=O)NC34CCCC3N(C(=O)C35CC(C3)C5)CC4)(CCO1)C2. The molecule has 5 nitrogen and oxygen atoms in total. The zero-order valence-corrected chi connectivity index (χ0v) is 15.8. The first-order chi connectivity index (χ1) is 12.4. The lowest BCUT2D eigenvalue weighted by Crippen LogP contribution is -2.67. The molecule has 3 saturated heterocycles. The van der Waals surface area contributed by atoms with Crippen molar-refractivity contribution in [3.8, 4) is 0 Å². The van der Waals surface area contributed by atoms with Crippen LogP contribution in [0.1, 0.15) is 71.1 Å². The third-order valence-corrected chi connectivity index (χ3v) is 8.97. The lowest BCUT2D eigenvalue weighted by molar-refractivity contribution is -0.216. The molecule has 2 unspecified atom stereocenters. The Labute approximate surface area is 155 Å². The minimum Gasteiger partial charge on any atom is -0.375 e. The average molecular weight is 358 g/mol. The molecule has 8 fully saturated rings. The number of rotatable bonds is 3. The van der Waals surface area contributed by atoms with Gasteiger partial charge in [-0.25, -0.2) is 0 Å². The molecule has 8 aliphatic rings. The summed E-state index contributed by atoms with van der Waals surface area (Å²) in [6, 6.07) is 0.232. The molecular formula is C21H30N2O3. The molecule has 0 aromatic heterocycles. The normalized spacial score (nSPS) is 53.2. The highest BCUT2D eigenvalue weighted by molar-refractivity contribution is 5.88. The van der Waals surface area contributed by atoms with E-state index in [9.17, 15) is 9.59 Å². The molecule has 142 valence electrons. The van der Waals surface area contributed by atoms with Crippen LogP contribution in [-0.4, -0.2) is 47.0 Å². The molecule has 4 bridgehead atoms. The highest BCUT2D eigenvalue weighted by atomic mass is 16.5. The zero-order chi connectivity index (χ0) is 17.8. The fraction of sp³-hybridized carbons (Fsp3) is 0.905. The van der Waals surface area contributed by atoms with Crippen molar-refractivity contribution in [1.82, 2.24) is 10.2 Å². The predicted molar refractivity (Wildman–Crippen MR) is 95.3 cm³/mol. The van der Waals surface area contributed by atoms with Crippen molar-refractivity contribution in [1.29, 1.82) is 0 Å². The number of likely N-dealkylation sites (tertiary alicyclic amines) is 1. The Balaban J connectivity index is 1.20. The Morgan fingerprint density at radius 1 is 1.08 bits per heavy atom. The maximum atomic E-state index is 13.3. The van der Waals surface area contributed by atoms with Crippen molar-refractivity contribution in [2.75, 3.05) is 13.2 Å². The molecule has 26 heavy (non-hydrogen) atoms. The van der Waals surface area contributed by atoms with Gasteiger partial charge in [-0.2, -0.15) is 0 Å². The van der Waals surface area contributed by atoms with Gasteiger partial charge in [0.2, 0.25) is 11.8 Å². The Kier molecular flexibility index (Phi) is 2.85. The Hall–Kier alpha value is -1.10. The van der Waals surface area contributed by atoms with Crippen LogP contribution in [-0.2, 0) is 14.3 Å². The van der Waals surface area contributed by atoms with E-state index >= 15 is 0 Å². The molecule has 3 aliphatic heterocycles. The van der Waals surface area contributed by atoms with Gasteiger partial charge < -0.3 is 15.0 Å². The molecule has 5 aliphatic carbocycles. The largest absolute Gasteiger partial charge is 0.375 e. The van der Waals surface area contributed by atoms with Crippen molar-refractivity contribution in [2.24, 2.45) is 16.7 Å². The van der Waals surface area contributed by atoms with E-state index in [-0.39, 0.29) is 33.9 Å². The van der Waals surface area contributed by atoms with Gasteiger partial charge in [0.05, 0.1) is 28.0 Å². The Bertz CT molecular complexity index is 680. The van der Waals surface area contributed by atoms with Crippen molar-refractivity contribution < 1.29 is 14.3 Å². The monoisotopic (exact) mass is 358 g/mol. The minimum absolute atomic E-state index is 0.00251. The molecule has 0 spiro atoms. The third kappa shape index (κ3) is 1.81. The maximum Gasteiger partial charge on any atom is 0.229 e. The van der Waals surface area contributed by atoms with Gasteiger partial charge in [-0.3, -0.25) is 9.59 Å². The summed E-state index contributed by atoms with van der Waals surface area (Å²) in [6.07, 6.45) is 10.1. The summed E-state index contributed by atoms with van der Waals surface area (Å²) in [7, 11) is 0. The first-order valence-electron chi connectivity index (χ1n) is 10.7. The van der Waals surface area contributed by atoms with Crippen LogP contribution in [0.25, 0.3) is 0 Å². The molecule has 5 saturated carbocycles. The summed E-state index contributed by atoms with van der Waals surface area (Å²) >= 11 is 0. The number of carbonyl (C=O) groups excluding carboxylic acids is 2. The molecule has 0 aromatic carbocycles. The second-order valence-electron chi connectivity index (χ2n) is 10.7. The smallest absolute Gasteiger partial charge is 0.229 e. The number of ether oxygens (including phenoxy) is 1. The van der Waals surface area contributed by atoms with E-state index in [0.717, 1.165) is 76.7 Å². The first-order valence-corrected chi connectivity index (χ1v) is 10.7. The summed E-state index contributed by atoms with van der Waals surface area (Å²) < 4.78 is 5.84. The fourth-order valence-corrected chi connectivity index (χ4v) is 7.56. The van der Waals surface area contributed by atoms with Gasteiger partial charge in [-0.15, -0.1) is 0 Å². The number of hydrogen-bond acceptors (Lipinski definition) is 3. The van der Waals surface area contributed by atoms with Crippen LogP contribution in [0.15, 0.2) is 0 Å². The lowest BCUT2D eigenvalue weighted by atomic mass is 9.44. The second-order valence-corrected chi connectivity index (χ2v) is 10.7. The maximum absolute atomic E-state index is 13.3. The van der Waals surface area contributed by atoms with Crippen molar-refractivity contribution in [3.05, 3.63) is 0 Å².